The minimum atomic E-state index is 0.216. The van der Waals surface area contributed by atoms with Crippen LogP contribution in [-0.4, -0.2) is 25.7 Å². The molecule has 0 amide bonds. The molecule has 1 heterocycles. The lowest BCUT2D eigenvalue weighted by molar-refractivity contribution is 0.341. The molecule has 0 atom stereocenters. The van der Waals surface area contributed by atoms with E-state index in [-0.39, 0.29) is 5.82 Å². The van der Waals surface area contributed by atoms with Gasteiger partial charge in [0.25, 0.3) is 0 Å². The zero-order valence-electron chi connectivity index (χ0n) is 15.7. The molecule has 0 aliphatic heterocycles. The molecule has 3 rings (SSSR count). The highest BCUT2D eigenvalue weighted by Crippen LogP contribution is 2.35. The summed E-state index contributed by atoms with van der Waals surface area (Å²) in [6.07, 6.45) is 0. The third-order valence-corrected chi connectivity index (χ3v) is 4.32. The van der Waals surface area contributed by atoms with Gasteiger partial charge in [0.05, 0.1) is 12.3 Å². The van der Waals surface area contributed by atoms with E-state index >= 15 is 0 Å². The Morgan fingerprint density at radius 3 is 2.41 bits per heavy atom. The standard InChI is InChI=1S/C22H22N4O/c1-4-27-21-8-6-5-7-17(21)20-13-18(19(14-23)22(24)25-20)15-9-11-16(12-10-15)26(2)3/h5-13H,4H2,1-3H3,(H2,24,25). The Morgan fingerprint density at radius 1 is 1.07 bits per heavy atom. The minimum Gasteiger partial charge on any atom is -0.493 e. The van der Waals surface area contributed by atoms with Gasteiger partial charge in [-0.3, -0.25) is 0 Å². The van der Waals surface area contributed by atoms with Crippen LogP contribution in [0.1, 0.15) is 12.5 Å². The Balaban J connectivity index is 2.16. The van der Waals surface area contributed by atoms with Crippen LogP contribution in [0, 0.1) is 11.3 Å². The lowest BCUT2D eigenvalue weighted by Crippen LogP contribution is -2.08. The van der Waals surface area contributed by atoms with E-state index in [1.165, 1.54) is 0 Å². The summed E-state index contributed by atoms with van der Waals surface area (Å²) in [7, 11) is 3.98. The molecule has 1 aromatic heterocycles. The van der Waals surface area contributed by atoms with Crippen molar-refractivity contribution in [2.75, 3.05) is 31.3 Å². The molecule has 0 spiro atoms. The van der Waals surface area contributed by atoms with Crippen molar-refractivity contribution in [3.8, 4) is 34.2 Å². The normalized spacial score (nSPS) is 10.3. The molecular formula is C22H22N4O. The monoisotopic (exact) mass is 358 g/mol. The second kappa shape index (κ2) is 7.79. The molecule has 0 fully saturated rings. The predicted molar refractivity (Wildman–Crippen MR) is 110 cm³/mol. The van der Waals surface area contributed by atoms with Gasteiger partial charge >= 0.3 is 0 Å². The van der Waals surface area contributed by atoms with E-state index in [4.69, 9.17) is 10.5 Å². The van der Waals surface area contributed by atoms with Gasteiger partial charge in [-0.2, -0.15) is 5.26 Å². The summed E-state index contributed by atoms with van der Waals surface area (Å²) < 4.78 is 5.72. The number of nitriles is 1. The van der Waals surface area contributed by atoms with E-state index in [0.29, 0.717) is 17.9 Å². The molecular weight excluding hydrogens is 336 g/mol. The number of benzene rings is 2. The van der Waals surface area contributed by atoms with Crippen molar-refractivity contribution in [3.63, 3.8) is 0 Å². The van der Waals surface area contributed by atoms with E-state index in [1.807, 2.05) is 80.5 Å². The highest BCUT2D eigenvalue weighted by Gasteiger charge is 2.15. The third-order valence-electron chi connectivity index (χ3n) is 4.32. The van der Waals surface area contributed by atoms with Gasteiger partial charge in [0.15, 0.2) is 0 Å². The second-order valence-corrected chi connectivity index (χ2v) is 6.30. The quantitative estimate of drug-likeness (QED) is 0.734. The summed E-state index contributed by atoms with van der Waals surface area (Å²) in [5.41, 5.74) is 10.8. The van der Waals surface area contributed by atoms with Gasteiger partial charge in [-0.25, -0.2) is 4.98 Å². The van der Waals surface area contributed by atoms with Crippen LogP contribution in [0.2, 0.25) is 0 Å². The van der Waals surface area contributed by atoms with Crippen molar-refractivity contribution < 1.29 is 4.74 Å². The number of nitrogens with zero attached hydrogens (tertiary/aromatic N) is 3. The van der Waals surface area contributed by atoms with Crippen LogP contribution in [0.5, 0.6) is 5.75 Å². The molecule has 0 aliphatic carbocycles. The van der Waals surface area contributed by atoms with E-state index in [1.54, 1.807) is 0 Å². The maximum absolute atomic E-state index is 9.60. The van der Waals surface area contributed by atoms with Crippen molar-refractivity contribution in [1.29, 1.82) is 5.26 Å². The SMILES string of the molecule is CCOc1ccccc1-c1cc(-c2ccc(N(C)C)cc2)c(C#N)c(N)n1. The summed E-state index contributed by atoms with van der Waals surface area (Å²) in [6.45, 7) is 2.50. The number of rotatable bonds is 5. The molecule has 5 nitrogen and oxygen atoms in total. The summed E-state index contributed by atoms with van der Waals surface area (Å²) >= 11 is 0. The number of nitrogens with two attached hydrogens (primary N) is 1. The van der Waals surface area contributed by atoms with Gasteiger partial charge < -0.3 is 15.4 Å². The fourth-order valence-corrected chi connectivity index (χ4v) is 2.95. The van der Waals surface area contributed by atoms with E-state index < -0.39 is 0 Å². The topological polar surface area (TPSA) is 75.2 Å². The van der Waals surface area contributed by atoms with Gasteiger partial charge in [-0.15, -0.1) is 0 Å². The van der Waals surface area contributed by atoms with Crippen LogP contribution in [0.4, 0.5) is 11.5 Å². The fourth-order valence-electron chi connectivity index (χ4n) is 2.95. The Labute approximate surface area is 159 Å². The number of ether oxygens (including phenoxy) is 1. The van der Waals surface area contributed by atoms with Crippen molar-refractivity contribution >= 4 is 11.5 Å². The van der Waals surface area contributed by atoms with Crippen molar-refractivity contribution in [1.82, 2.24) is 4.98 Å². The van der Waals surface area contributed by atoms with Crippen molar-refractivity contribution in [3.05, 3.63) is 60.2 Å². The highest BCUT2D eigenvalue weighted by molar-refractivity contribution is 5.82. The van der Waals surface area contributed by atoms with Crippen LogP contribution in [0.15, 0.2) is 54.6 Å². The Hall–Kier alpha value is -3.52. The van der Waals surface area contributed by atoms with Crippen LogP contribution in [-0.2, 0) is 0 Å². The number of anilines is 2. The maximum atomic E-state index is 9.60. The van der Waals surface area contributed by atoms with E-state index in [2.05, 4.69) is 11.1 Å². The van der Waals surface area contributed by atoms with Crippen LogP contribution < -0.4 is 15.4 Å². The largest absolute Gasteiger partial charge is 0.493 e. The number of hydrogen-bond donors (Lipinski definition) is 1. The van der Waals surface area contributed by atoms with Gasteiger partial charge in [-0.1, -0.05) is 24.3 Å². The molecule has 0 aliphatic rings. The number of hydrogen-bond acceptors (Lipinski definition) is 5. The maximum Gasteiger partial charge on any atom is 0.142 e. The lowest BCUT2D eigenvalue weighted by Gasteiger charge is -2.15. The minimum absolute atomic E-state index is 0.216. The molecule has 27 heavy (non-hydrogen) atoms. The second-order valence-electron chi connectivity index (χ2n) is 6.30. The zero-order chi connectivity index (χ0) is 19.4. The smallest absolute Gasteiger partial charge is 0.142 e. The molecule has 2 aromatic carbocycles. The Bertz CT molecular complexity index is 988. The van der Waals surface area contributed by atoms with Crippen molar-refractivity contribution in [2.24, 2.45) is 0 Å². The number of nitrogen functional groups attached to an aromatic ring is 1. The zero-order valence-corrected chi connectivity index (χ0v) is 15.7. The first kappa shape index (κ1) is 18.3. The van der Waals surface area contributed by atoms with Crippen LogP contribution in [0.3, 0.4) is 0 Å². The Morgan fingerprint density at radius 2 is 1.78 bits per heavy atom. The third kappa shape index (κ3) is 3.70. The van der Waals surface area contributed by atoms with E-state index in [9.17, 15) is 5.26 Å². The average Bonchev–Trinajstić information content (AvgIpc) is 2.68. The molecule has 0 saturated carbocycles. The van der Waals surface area contributed by atoms with Crippen LogP contribution >= 0.6 is 0 Å². The molecule has 0 bridgehead atoms. The van der Waals surface area contributed by atoms with Gasteiger partial charge in [0.1, 0.15) is 23.2 Å². The molecule has 136 valence electrons. The number of pyridine rings is 1. The highest BCUT2D eigenvalue weighted by atomic mass is 16.5. The Kier molecular flexibility index (Phi) is 5.28. The average molecular weight is 358 g/mol. The number of aromatic nitrogens is 1. The molecule has 2 N–H and O–H groups in total. The molecule has 5 heteroatoms. The first-order chi connectivity index (χ1) is 13.0. The van der Waals surface area contributed by atoms with Gasteiger partial charge in [0, 0.05) is 30.9 Å². The summed E-state index contributed by atoms with van der Waals surface area (Å²) in [5, 5.41) is 9.60. The fraction of sp³-hybridized carbons (Fsp3) is 0.182. The molecule has 0 radical (unpaired) electrons. The first-order valence-electron chi connectivity index (χ1n) is 8.75. The van der Waals surface area contributed by atoms with Crippen molar-refractivity contribution in [2.45, 2.75) is 6.92 Å². The molecule has 3 aromatic rings. The lowest BCUT2D eigenvalue weighted by atomic mass is 9.98. The molecule has 0 saturated heterocycles. The summed E-state index contributed by atoms with van der Waals surface area (Å²) in [4.78, 5) is 6.48. The van der Waals surface area contributed by atoms with Gasteiger partial charge in [0.2, 0.25) is 0 Å². The first-order valence-corrected chi connectivity index (χ1v) is 8.75. The number of para-hydroxylation sites is 1. The predicted octanol–water partition coefficient (Wildman–Crippen LogP) is 4.33. The van der Waals surface area contributed by atoms with Crippen LogP contribution in [0.25, 0.3) is 22.4 Å². The van der Waals surface area contributed by atoms with E-state index in [0.717, 1.165) is 28.1 Å². The molecule has 0 unspecified atom stereocenters. The van der Waals surface area contributed by atoms with Gasteiger partial charge in [-0.05, 0) is 42.8 Å². The summed E-state index contributed by atoms with van der Waals surface area (Å²) in [6, 6.07) is 19.8. The summed E-state index contributed by atoms with van der Waals surface area (Å²) in [5.74, 6) is 0.957.